The number of rotatable bonds is 4. The number of pyridine rings is 1. The first kappa shape index (κ1) is 16.3. The number of aromatic amines is 1. The number of anilines is 1. The van der Waals surface area contributed by atoms with Crippen LogP contribution >= 0.6 is 0 Å². The molecule has 128 valence electrons. The number of hydrogen-bond acceptors (Lipinski definition) is 5. The number of benzene rings is 1. The second kappa shape index (κ2) is 6.12. The Morgan fingerprint density at radius 3 is 2.96 bits per heavy atom. The van der Waals surface area contributed by atoms with Crippen LogP contribution in [-0.4, -0.2) is 47.8 Å². The van der Waals surface area contributed by atoms with Gasteiger partial charge in [-0.05, 0) is 32.0 Å². The van der Waals surface area contributed by atoms with Gasteiger partial charge in [-0.3, -0.25) is 4.79 Å². The Morgan fingerprint density at radius 2 is 2.29 bits per heavy atom. The molecule has 1 aliphatic rings. The van der Waals surface area contributed by atoms with Gasteiger partial charge in [-0.25, -0.2) is 9.18 Å². The number of hydrogen-bond donors (Lipinski definition) is 4. The van der Waals surface area contributed by atoms with Crippen molar-refractivity contribution in [3.8, 4) is 5.75 Å². The molecule has 0 spiro atoms. The Kier molecular flexibility index (Phi) is 4.15. The molecule has 2 heterocycles. The van der Waals surface area contributed by atoms with Crippen molar-refractivity contribution in [2.24, 2.45) is 5.92 Å². The minimum Gasteiger partial charge on any atom is -0.504 e. The van der Waals surface area contributed by atoms with Crippen LogP contribution in [0.1, 0.15) is 16.8 Å². The minimum atomic E-state index is -1.41. The number of fused-ring (bicyclic) bond motifs is 1. The van der Waals surface area contributed by atoms with Crippen molar-refractivity contribution in [2.75, 3.05) is 31.6 Å². The van der Waals surface area contributed by atoms with Crippen LogP contribution in [0, 0.1) is 11.7 Å². The summed E-state index contributed by atoms with van der Waals surface area (Å²) in [5.74, 6) is -2.17. The predicted molar refractivity (Wildman–Crippen MR) is 87.4 cm³/mol. The van der Waals surface area contributed by atoms with Crippen LogP contribution in [0.2, 0.25) is 0 Å². The van der Waals surface area contributed by atoms with Gasteiger partial charge in [0.25, 0.3) is 0 Å². The zero-order valence-electron chi connectivity index (χ0n) is 13.1. The maximum absolute atomic E-state index is 14.5. The van der Waals surface area contributed by atoms with Crippen molar-refractivity contribution in [1.29, 1.82) is 0 Å². The van der Waals surface area contributed by atoms with Crippen LogP contribution in [0.25, 0.3) is 10.9 Å². The van der Waals surface area contributed by atoms with Gasteiger partial charge in [0.05, 0.1) is 10.9 Å². The zero-order chi connectivity index (χ0) is 17.4. The third kappa shape index (κ3) is 2.58. The summed E-state index contributed by atoms with van der Waals surface area (Å²) in [4.78, 5) is 27.5. The van der Waals surface area contributed by atoms with Crippen molar-refractivity contribution in [1.82, 2.24) is 10.3 Å². The Hall–Kier alpha value is -2.61. The molecule has 0 bridgehead atoms. The summed E-state index contributed by atoms with van der Waals surface area (Å²) < 4.78 is 14.5. The third-order valence-corrected chi connectivity index (χ3v) is 4.40. The smallest absolute Gasteiger partial charge is 0.341 e. The predicted octanol–water partition coefficient (Wildman–Crippen LogP) is 1.12. The highest BCUT2D eigenvalue weighted by molar-refractivity contribution is 5.96. The fourth-order valence-corrected chi connectivity index (χ4v) is 3.26. The standard InChI is InChI=1S/C16H18FN3O4/c1-18-5-8-2-3-20(7-8)13-11(17)4-9-12(15(13)22)19-6-10(14(9)21)16(23)24/h4,6,8,18,22H,2-3,5,7H2,1H3,(H,19,21)(H,23,24). The molecule has 4 N–H and O–H groups in total. The van der Waals surface area contributed by atoms with Gasteiger partial charge in [0.1, 0.15) is 11.3 Å². The fraction of sp³-hybridized carbons (Fsp3) is 0.375. The van der Waals surface area contributed by atoms with E-state index in [2.05, 4.69) is 10.3 Å². The number of carbonyl (C=O) groups is 1. The van der Waals surface area contributed by atoms with Crippen LogP contribution in [0.5, 0.6) is 5.75 Å². The lowest BCUT2D eigenvalue weighted by atomic mass is 10.1. The van der Waals surface area contributed by atoms with E-state index in [0.29, 0.717) is 19.0 Å². The van der Waals surface area contributed by atoms with Crippen LogP contribution in [0.4, 0.5) is 10.1 Å². The van der Waals surface area contributed by atoms with Crippen LogP contribution < -0.4 is 15.6 Å². The number of phenolic OH excluding ortho intramolecular Hbond substituents is 1. The highest BCUT2D eigenvalue weighted by Crippen LogP contribution is 2.38. The van der Waals surface area contributed by atoms with Crippen molar-refractivity contribution in [2.45, 2.75) is 6.42 Å². The Balaban J connectivity index is 2.10. The number of halogens is 1. The monoisotopic (exact) mass is 335 g/mol. The summed E-state index contributed by atoms with van der Waals surface area (Å²) in [5, 5.41) is 22.3. The maximum Gasteiger partial charge on any atom is 0.341 e. The molecule has 24 heavy (non-hydrogen) atoms. The first-order chi connectivity index (χ1) is 11.4. The highest BCUT2D eigenvalue weighted by Gasteiger charge is 2.28. The van der Waals surface area contributed by atoms with E-state index in [9.17, 15) is 19.1 Å². The molecule has 0 radical (unpaired) electrons. The minimum absolute atomic E-state index is 0.0402. The van der Waals surface area contributed by atoms with E-state index in [1.165, 1.54) is 0 Å². The van der Waals surface area contributed by atoms with Crippen molar-refractivity contribution in [3.05, 3.63) is 33.9 Å². The molecule has 0 aliphatic carbocycles. The Labute approximate surface area is 136 Å². The van der Waals surface area contributed by atoms with Crippen LogP contribution in [0.15, 0.2) is 17.1 Å². The summed E-state index contributed by atoms with van der Waals surface area (Å²) in [6.07, 6.45) is 1.88. The number of phenols is 1. The normalized spacial score (nSPS) is 17.6. The van der Waals surface area contributed by atoms with E-state index in [-0.39, 0.29) is 22.3 Å². The molecule has 8 heteroatoms. The van der Waals surface area contributed by atoms with Gasteiger partial charge in [0, 0.05) is 19.3 Å². The average molecular weight is 335 g/mol. The number of aromatic hydroxyl groups is 1. The maximum atomic E-state index is 14.5. The number of carboxylic acid groups (broad SMARTS) is 1. The summed E-state index contributed by atoms with van der Waals surface area (Å²) in [6.45, 7) is 1.99. The number of aromatic carboxylic acids is 1. The van der Waals surface area contributed by atoms with E-state index in [1.54, 1.807) is 4.90 Å². The lowest BCUT2D eigenvalue weighted by Crippen LogP contribution is -2.25. The Morgan fingerprint density at radius 1 is 1.54 bits per heavy atom. The molecule has 1 unspecified atom stereocenters. The van der Waals surface area contributed by atoms with Gasteiger partial charge in [-0.1, -0.05) is 0 Å². The second-order valence-electron chi connectivity index (χ2n) is 5.97. The summed E-state index contributed by atoms with van der Waals surface area (Å²) >= 11 is 0. The number of nitrogens with zero attached hydrogens (tertiary/aromatic N) is 1. The molecule has 1 saturated heterocycles. The molecule has 1 aromatic heterocycles. The second-order valence-corrected chi connectivity index (χ2v) is 5.97. The van der Waals surface area contributed by atoms with E-state index >= 15 is 0 Å². The fourth-order valence-electron chi connectivity index (χ4n) is 3.26. The van der Waals surface area contributed by atoms with Gasteiger partial charge in [-0.2, -0.15) is 0 Å². The van der Waals surface area contributed by atoms with Crippen molar-refractivity contribution >= 4 is 22.6 Å². The number of nitrogens with one attached hydrogen (secondary N) is 2. The number of carboxylic acids is 1. The molecule has 0 amide bonds. The van der Waals surface area contributed by atoms with Gasteiger partial charge >= 0.3 is 5.97 Å². The summed E-state index contributed by atoms with van der Waals surface area (Å²) in [6, 6.07) is 0.987. The van der Waals surface area contributed by atoms with Crippen LogP contribution in [-0.2, 0) is 0 Å². The van der Waals surface area contributed by atoms with Crippen molar-refractivity contribution in [3.63, 3.8) is 0 Å². The van der Waals surface area contributed by atoms with E-state index in [1.807, 2.05) is 7.05 Å². The molecule has 2 aromatic rings. The molecule has 7 nitrogen and oxygen atoms in total. The largest absolute Gasteiger partial charge is 0.504 e. The number of H-pyrrole nitrogens is 1. The lowest BCUT2D eigenvalue weighted by Gasteiger charge is -2.21. The third-order valence-electron chi connectivity index (χ3n) is 4.40. The molecular formula is C16H18FN3O4. The highest BCUT2D eigenvalue weighted by atomic mass is 19.1. The summed E-state index contributed by atoms with van der Waals surface area (Å²) in [5.41, 5.74) is -1.24. The van der Waals surface area contributed by atoms with E-state index in [0.717, 1.165) is 25.2 Å². The Bertz CT molecular complexity index is 865. The molecule has 1 atom stereocenters. The molecule has 0 saturated carbocycles. The van der Waals surface area contributed by atoms with E-state index < -0.39 is 22.8 Å². The quantitative estimate of drug-likeness (QED) is 0.667. The first-order valence-electron chi connectivity index (χ1n) is 7.63. The SMILES string of the molecule is CNCC1CCN(c2c(F)cc3c(=O)c(C(=O)O)c[nH]c3c2O)C1. The van der Waals surface area contributed by atoms with Gasteiger partial charge in [0.2, 0.25) is 5.43 Å². The molecular weight excluding hydrogens is 317 g/mol. The van der Waals surface area contributed by atoms with Gasteiger partial charge in [-0.15, -0.1) is 0 Å². The zero-order valence-corrected chi connectivity index (χ0v) is 13.1. The molecule has 1 aromatic carbocycles. The topological polar surface area (TPSA) is 106 Å². The molecule has 3 rings (SSSR count). The lowest BCUT2D eigenvalue weighted by molar-refractivity contribution is 0.0695. The van der Waals surface area contributed by atoms with Gasteiger partial charge in [0.15, 0.2) is 11.6 Å². The molecule has 1 aliphatic heterocycles. The average Bonchev–Trinajstić information content (AvgIpc) is 2.97. The summed E-state index contributed by atoms with van der Waals surface area (Å²) in [7, 11) is 1.85. The van der Waals surface area contributed by atoms with E-state index in [4.69, 9.17) is 5.11 Å². The number of aromatic nitrogens is 1. The molecule has 1 fully saturated rings. The first-order valence-corrected chi connectivity index (χ1v) is 7.63. The van der Waals surface area contributed by atoms with Gasteiger partial charge < -0.3 is 25.4 Å². The van der Waals surface area contributed by atoms with Crippen LogP contribution in [0.3, 0.4) is 0 Å². The van der Waals surface area contributed by atoms with Crippen molar-refractivity contribution < 1.29 is 19.4 Å².